The monoisotopic (exact) mass is 488 g/mol. The van der Waals surface area contributed by atoms with E-state index < -0.39 is 0 Å². The first kappa shape index (κ1) is 22.3. The van der Waals surface area contributed by atoms with Gasteiger partial charge in [-0.1, -0.05) is 19.4 Å². The van der Waals surface area contributed by atoms with Crippen molar-refractivity contribution in [3.63, 3.8) is 0 Å². The highest BCUT2D eigenvalue weighted by molar-refractivity contribution is 9.10. The van der Waals surface area contributed by atoms with Crippen molar-refractivity contribution in [2.45, 2.75) is 33.6 Å². The van der Waals surface area contributed by atoms with Crippen molar-refractivity contribution in [3.05, 3.63) is 57.4 Å². The van der Waals surface area contributed by atoms with Crippen LogP contribution in [0.1, 0.15) is 30.7 Å². The lowest BCUT2D eigenvalue weighted by atomic mass is 10.1. The first-order valence-corrected chi connectivity index (χ1v) is 11.5. The predicted molar refractivity (Wildman–Crippen MR) is 126 cm³/mol. The number of anilines is 1. The zero-order valence-electron chi connectivity index (χ0n) is 17.3. The summed E-state index contributed by atoms with van der Waals surface area (Å²) in [7, 11) is 0. The van der Waals surface area contributed by atoms with E-state index in [9.17, 15) is 4.79 Å². The van der Waals surface area contributed by atoms with Crippen molar-refractivity contribution >= 4 is 38.3 Å². The van der Waals surface area contributed by atoms with E-state index in [0.29, 0.717) is 17.5 Å². The summed E-state index contributed by atoms with van der Waals surface area (Å²) in [6.45, 7) is 6.64. The number of thiazole rings is 1. The second-order valence-corrected chi connectivity index (χ2v) is 8.79. The van der Waals surface area contributed by atoms with Gasteiger partial charge in [0, 0.05) is 10.4 Å². The molecule has 0 unspecified atom stereocenters. The standard InChI is InChI=1S/C23H25BrN2O3S/c1-4-6-16-7-12-20(19(24)13-16)29-14-21(27)25-23-26-22(15(3)30-23)17-8-10-18(11-9-17)28-5-2/h7-13H,4-6,14H2,1-3H3,(H,25,26,27). The first-order valence-electron chi connectivity index (χ1n) is 9.91. The minimum absolute atomic E-state index is 0.0806. The number of nitrogens with one attached hydrogen (secondary N) is 1. The van der Waals surface area contributed by atoms with E-state index in [0.717, 1.165) is 39.2 Å². The van der Waals surface area contributed by atoms with Crippen molar-refractivity contribution in [1.29, 1.82) is 0 Å². The molecule has 1 N–H and O–H groups in total. The van der Waals surface area contributed by atoms with E-state index in [1.165, 1.54) is 16.9 Å². The van der Waals surface area contributed by atoms with Gasteiger partial charge in [0.2, 0.25) is 0 Å². The van der Waals surface area contributed by atoms with Crippen LogP contribution in [-0.4, -0.2) is 24.1 Å². The van der Waals surface area contributed by atoms with Crippen LogP contribution >= 0.6 is 27.3 Å². The lowest BCUT2D eigenvalue weighted by Crippen LogP contribution is -2.20. The van der Waals surface area contributed by atoms with Crippen molar-refractivity contribution < 1.29 is 14.3 Å². The zero-order chi connectivity index (χ0) is 21.5. The van der Waals surface area contributed by atoms with E-state index in [1.807, 2.05) is 56.3 Å². The van der Waals surface area contributed by atoms with Gasteiger partial charge in [0.05, 0.1) is 16.8 Å². The Labute approximate surface area is 189 Å². The molecule has 0 atom stereocenters. The molecule has 0 aliphatic heterocycles. The average molecular weight is 489 g/mol. The lowest BCUT2D eigenvalue weighted by Gasteiger charge is -2.09. The number of amides is 1. The van der Waals surface area contributed by atoms with Crippen LogP contribution in [0.25, 0.3) is 11.3 Å². The third-order valence-corrected chi connectivity index (χ3v) is 5.88. The Morgan fingerprint density at radius 3 is 2.57 bits per heavy atom. The number of aryl methyl sites for hydroxylation is 2. The van der Waals surface area contributed by atoms with Gasteiger partial charge in [-0.25, -0.2) is 4.98 Å². The molecule has 0 bridgehead atoms. The number of rotatable bonds is 9. The van der Waals surface area contributed by atoms with Gasteiger partial charge in [0.1, 0.15) is 11.5 Å². The summed E-state index contributed by atoms with van der Waals surface area (Å²) in [6, 6.07) is 13.7. The summed E-state index contributed by atoms with van der Waals surface area (Å²) in [4.78, 5) is 18.0. The minimum atomic E-state index is -0.244. The molecule has 5 nitrogen and oxygen atoms in total. The van der Waals surface area contributed by atoms with Crippen molar-refractivity contribution in [2.75, 3.05) is 18.5 Å². The quantitative estimate of drug-likeness (QED) is 0.386. The molecule has 2 aromatic carbocycles. The second kappa shape index (κ2) is 10.6. The van der Waals surface area contributed by atoms with Gasteiger partial charge < -0.3 is 9.47 Å². The Morgan fingerprint density at radius 2 is 1.90 bits per heavy atom. The van der Waals surface area contributed by atoms with Crippen LogP contribution in [-0.2, 0) is 11.2 Å². The van der Waals surface area contributed by atoms with Crippen LogP contribution in [0, 0.1) is 6.92 Å². The second-order valence-electron chi connectivity index (χ2n) is 6.73. The molecule has 0 radical (unpaired) electrons. The highest BCUT2D eigenvalue weighted by Crippen LogP contribution is 2.31. The number of carbonyl (C=O) groups excluding carboxylic acids is 1. The third-order valence-electron chi connectivity index (χ3n) is 4.38. The molecule has 3 aromatic rings. The predicted octanol–water partition coefficient (Wildman–Crippen LogP) is 6.25. The Morgan fingerprint density at radius 1 is 1.13 bits per heavy atom. The Hall–Kier alpha value is -2.38. The number of nitrogens with zero attached hydrogens (tertiary/aromatic N) is 1. The van der Waals surface area contributed by atoms with Gasteiger partial charge in [-0.15, -0.1) is 11.3 Å². The molecule has 158 valence electrons. The summed E-state index contributed by atoms with van der Waals surface area (Å²) in [5, 5.41) is 3.39. The van der Waals surface area contributed by atoms with Gasteiger partial charge in [-0.05, 0) is 78.2 Å². The number of carbonyl (C=O) groups is 1. The molecule has 1 amide bonds. The van der Waals surface area contributed by atoms with Gasteiger partial charge in [0.15, 0.2) is 11.7 Å². The molecule has 0 saturated carbocycles. The number of benzene rings is 2. The molecule has 7 heteroatoms. The minimum Gasteiger partial charge on any atom is -0.494 e. The summed E-state index contributed by atoms with van der Waals surface area (Å²) >= 11 is 4.96. The smallest absolute Gasteiger partial charge is 0.264 e. The number of hydrogen-bond acceptors (Lipinski definition) is 5. The van der Waals surface area contributed by atoms with E-state index in [2.05, 4.69) is 33.2 Å². The molecule has 0 fully saturated rings. The lowest BCUT2D eigenvalue weighted by molar-refractivity contribution is -0.118. The van der Waals surface area contributed by atoms with E-state index in [1.54, 1.807) is 0 Å². The van der Waals surface area contributed by atoms with Gasteiger partial charge >= 0.3 is 0 Å². The molecule has 1 heterocycles. The Kier molecular flexibility index (Phi) is 7.87. The van der Waals surface area contributed by atoms with Crippen LogP contribution in [0.5, 0.6) is 11.5 Å². The molecule has 0 saturated heterocycles. The first-order chi connectivity index (χ1) is 14.5. The fourth-order valence-corrected chi connectivity index (χ4v) is 4.39. The summed E-state index contributed by atoms with van der Waals surface area (Å²) < 4.78 is 12.0. The number of ether oxygens (including phenoxy) is 2. The van der Waals surface area contributed by atoms with Crippen molar-refractivity contribution in [2.24, 2.45) is 0 Å². The van der Waals surface area contributed by atoms with E-state index in [4.69, 9.17) is 9.47 Å². The van der Waals surface area contributed by atoms with Crippen LogP contribution in [0.2, 0.25) is 0 Å². The van der Waals surface area contributed by atoms with Crippen molar-refractivity contribution in [1.82, 2.24) is 4.98 Å². The Bertz CT molecular complexity index is 1000. The van der Waals surface area contributed by atoms with Gasteiger partial charge in [0.25, 0.3) is 5.91 Å². The number of hydrogen-bond donors (Lipinski definition) is 1. The largest absolute Gasteiger partial charge is 0.494 e. The molecule has 0 aliphatic carbocycles. The van der Waals surface area contributed by atoms with Crippen LogP contribution < -0.4 is 14.8 Å². The topological polar surface area (TPSA) is 60.5 Å². The summed E-state index contributed by atoms with van der Waals surface area (Å²) in [6.07, 6.45) is 2.10. The molecule has 3 rings (SSSR count). The maximum absolute atomic E-state index is 12.3. The maximum Gasteiger partial charge on any atom is 0.264 e. The molecule has 1 aromatic heterocycles. The third kappa shape index (κ3) is 5.83. The normalized spacial score (nSPS) is 10.7. The number of aromatic nitrogens is 1. The number of halogens is 1. The van der Waals surface area contributed by atoms with Gasteiger partial charge in [-0.2, -0.15) is 0 Å². The highest BCUT2D eigenvalue weighted by Gasteiger charge is 2.13. The molecular formula is C23H25BrN2O3S. The average Bonchev–Trinajstić information content (AvgIpc) is 3.08. The summed E-state index contributed by atoms with van der Waals surface area (Å²) in [5.41, 5.74) is 3.08. The van der Waals surface area contributed by atoms with Crippen LogP contribution in [0.15, 0.2) is 46.9 Å². The molecule has 0 aliphatic rings. The summed E-state index contributed by atoms with van der Waals surface area (Å²) in [5.74, 6) is 1.23. The van der Waals surface area contributed by atoms with E-state index >= 15 is 0 Å². The maximum atomic E-state index is 12.3. The zero-order valence-corrected chi connectivity index (χ0v) is 19.7. The van der Waals surface area contributed by atoms with Crippen molar-refractivity contribution in [3.8, 4) is 22.8 Å². The van der Waals surface area contributed by atoms with Gasteiger partial charge in [-0.3, -0.25) is 10.1 Å². The molecular weight excluding hydrogens is 464 g/mol. The highest BCUT2D eigenvalue weighted by atomic mass is 79.9. The van der Waals surface area contributed by atoms with Crippen LogP contribution in [0.4, 0.5) is 5.13 Å². The van der Waals surface area contributed by atoms with E-state index in [-0.39, 0.29) is 12.5 Å². The SMILES string of the molecule is CCCc1ccc(OCC(=O)Nc2nc(-c3ccc(OCC)cc3)c(C)s2)c(Br)c1. The fraction of sp³-hybridized carbons (Fsp3) is 0.304. The fourth-order valence-electron chi connectivity index (χ4n) is 3.00. The molecule has 30 heavy (non-hydrogen) atoms. The van der Waals surface area contributed by atoms with Crippen LogP contribution in [0.3, 0.4) is 0 Å². The Balaban J connectivity index is 1.60. The molecule has 0 spiro atoms.